The number of aryl methyl sites for hydroxylation is 1. The molecule has 1 aromatic heterocycles. The molecular formula is C11H15N3O3. The predicted octanol–water partition coefficient (Wildman–Crippen LogP) is -0.173. The fourth-order valence-corrected chi connectivity index (χ4v) is 1.15. The highest BCUT2D eigenvalue weighted by Gasteiger charge is 2.13. The summed E-state index contributed by atoms with van der Waals surface area (Å²) in [4.78, 5) is 26.7. The molecule has 0 atom stereocenters. The third-order valence-electron chi connectivity index (χ3n) is 1.96. The molecule has 6 heteroatoms. The molecule has 0 aromatic carbocycles. The van der Waals surface area contributed by atoms with Crippen LogP contribution in [0.3, 0.4) is 0 Å². The van der Waals surface area contributed by atoms with Gasteiger partial charge in [0.2, 0.25) is 0 Å². The summed E-state index contributed by atoms with van der Waals surface area (Å²) < 4.78 is 0. The van der Waals surface area contributed by atoms with Crippen molar-refractivity contribution < 1.29 is 14.7 Å². The van der Waals surface area contributed by atoms with Gasteiger partial charge in [0.05, 0.1) is 0 Å². The maximum Gasteiger partial charge on any atom is 0.314 e. The first-order valence-electron chi connectivity index (χ1n) is 5.27. The number of hydrogen-bond donors (Lipinski definition) is 3. The molecule has 0 radical (unpaired) electrons. The Hall–Kier alpha value is -1.95. The monoisotopic (exact) mass is 237 g/mol. The first-order chi connectivity index (χ1) is 8.13. The van der Waals surface area contributed by atoms with E-state index in [1.165, 1.54) is 0 Å². The molecule has 3 N–H and O–H groups in total. The zero-order valence-corrected chi connectivity index (χ0v) is 9.56. The lowest BCUT2D eigenvalue weighted by Crippen LogP contribution is -2.36. The quantitative estimate of drug-likeness (QED) is 0.500. The standard InChI is InChI=1S/C11H15N3O3/c1-8-4-2-5-9(13-8)14-11(17)10(16)12-6-3-7-15/h2,4-5,15H,3,6-7H2,1H3,(H,12,16)(H,13,14,17). The smallest absolute Gasteiger partial charge is 0.314 e. The first-order valence-corrected chi connectivity index (χ1v) is 5.27. The maximum atomic E-state index is 11.4. The number of carbonyl (C=O) groups excluding carboxylic acids is 2. The molecule has 0 aliphatic rings. The van der Waals surface area contributed by atoms with Gasteiger partial charge in [-0.25, -0.2) is 4.98 Å². The van der Waals surface area contributed by atoms with Gasteiger partial charge >= 0.3 is 11.8 Å². The van der Waals surface area contributed by atoms with E-state index in [2.05, 4.69) is 15.6 Å². The van der Waals surface area contributed by atoms with Crippen molar-refractivity contribution in [3.8, 4) is 0 Å². The van der Waals surface area contributed by atoms with Crippen molar-refractivity contribution in [2.24, 2.45) is 0 Å². The second kappa shape index (κ2) is 6.59. The lowest BCUT2D eigenvalue weighted by Gasteiger charge is -2.05. The minimum absolute atomic E-state index is 0.0265. The van der Waals surface area contributed by atoms with Crippen LogP contribution in [0.1, 0.15) is 12.1 Å². The summed E-state index contributed by atoms with van der Waals surface area (Å²) >= 11 is 0. The van der Waals surface area contributed by atoms with Crippen LogP contribution in [0.5, 0.6) is 0 Å². The van der Waals surface area contributed by atoms with Gasteiger partial charge in [-0.05, 0) is 25.5 Å². The zero-order chi connectivity index (χ0) is 12.7. The number of rotatable bonds is 4. The summed E-state index contributed by atoms with van der Waals surface area (Å²) in [5, 5.41) is 13.3. The molecule has 0 unspecified atom stereocenters. The molecule has 17 heavy (non-hydrogen) atoms. The summed E-state index contributed by atoms with van der Waals surface area (Å²) in [5.74, 6) is -1.16. The highest BCUT2D eigenvalue weighted by molar-refractivity contribution is 6.39. The van der Waals surface area contributed by atoms with Crippen molar-refractivity contribution in [3.63, 3.8) is 0 Å². The number of nitrogens with one attached hydrogen (secondary N) is 2. The minimum Gasteiger partial charge on any atom is -0.396 e. The van der Waals surface area contributed by atoms with E-state index in [0.29, 0.717) is 12.2 Å². The van der Waals surface area contributed by atoms with Gasteiger partial charge in [0.25, 0.3) is 0 Å². The molecule has 1 aromatic rings. The van der Waals surface area contributed by atoms with Crippen molar-refractivity contribution in [2.75, 3.05) is 18.5 Å². The highest BCUT2D eigenvalue weighted by Crippen LogP contribution is 2.03. The summed E-state index contributed by atoms with van der Waals surface area (Å²) in [6.45, 7) is 2.03. The average Bonchev–Trinajstić information content (AvgIpc) is 2.29. The van der Waals surface area contributed by atoms with E-state index < -0.39 is 11.8 Å². The second-order valence-corrected chi connectivity index (χ2v) is 3.45. The van der Waals surface area contributed by atoms with Crippen LogP contribution < -0.4 is 10.6 Å². The van der Waals surface area contributed by atoms with Crippen LogP contribution in [0.15, 0.2) is 18.2 Å². The first kappa shape index (κ1) is 13.1. The van der Waals surface area contributed by atoms with Crippen molar-refractivity contribution in [2.45, 2.75) is 13.3 Å². The van der Waals surface area contributed by atoms with Crippen molar-refractivity contribution >= 4 is 17.6 Å². The summed E-state index contributed by atoms with van der Waals surface area (Å²) in [5.41, 5.74) is 0.753. The summed E-state index contributed by atoms with van der Waals surface area (Å²) in [7, 11) is 0. The van der Waals surface area contributed by atoms with Gasteiger partial charge in [-0.2, -0.15) is 0 Å². The van der Waals surface area contributed by atoms with Crippen LogP contribution in [0.4, 0.5) is 5.82 Å². The summed E-state index contributed by atoms with van der Waals surface area (Å²) in [6.07, 6.45) is 0.418. The van der Waals surface area contributed by atoms with Crippen LogP contribution in [0.2, 0.25) is 0 Å². The molecule has 0 aliphatic heterocycles. The highest BCUT2D eigenvalue weighted by atomic mass is 16.3. The molecule has 1 rings (SSSR count). The fraction of sp³-hybridized carbons (Fsp3) is 0.364. The Bertz CT molecular complexity index is 407. The van der Waals surface area contributed by atoms with E-state index >= 15 is 0 Å². The molecule has 0 aliphatic carbocycles. The van der Waals surface area contributed by atoms with Gasteiger partial charge in [0.15, 0.2) is 0 Å². The Morgan fingerprint density at radius 2 is 2.12 bits per heavy atom. The van der Waals surface area contributed by atoms with Crippen molar-refractivity contribution in [3.05, 3.63) is 23.9 Å². The van der Waals surface area contributed by atoms with Gasteiger partial charge in [-0.15, -0.1) is 0 Å². The van der Waals surface area contributed by atoms with E-state index in [1.54, 1.807) is 25.1 Å². The Morgan fingerprint density at radius 3 is 2.76 bits per heavy atom. The molecule has 92 valence electrons. The minimum atomic E-state index is -0.763. The molecule has 0 fully saturated rings. The van der Waals surface area contributed by atoms with Gasteiger partial charge < -0.3 is 15.7 Å². The third kappa shape index (κ3) is 4.60. The number of amides is 2. The molecular weight excluding hydrogens is 222 g/mol. The summed E-state index contributed by atoms with van der Waals surface area (Å²) in [6, 6.07) is 5.13. The SMILES string of the molecule is Cc1cccc(NC(=O)C(=O)NCCCO)n1. The van der Waals surface area contributed by atoms with Crippen LogP contribution in [0, 0.1) is 6.92 Å². The normalized spacial score (nSPS) is 9.76. The number of pyridine rings is 1. The van der Waals surface area contributed by atoms with Crippen LogP contribution >= 0.6 is 0 Å². The Kier molecular flexibility index (Phi) is 5.09. The fourth-order valence-electron chi connectivity index (χ4n) is 1.15. The van der Waals surface area contributed by atoms with Crippen LogP contribution in [-0.2, 0) is 9.59 Å². The molecule has 1 heterocycles. The lowest BCUT2D eigenvalue weighted by atomic mass is 10.3. The molecule has 0 bridgehead atoms. The number of aliphatic hydroxyl groups excluding tert-OH is 1. The molecule has 2 amide bonds. The molecule has 0 spiro atoms. The lowest BCUT2D eigenvalue weighted by molar-refractivity contribution is -0.136. The van der Waals surface area contributed by atoms with Gasteiger partial charge in [0.1, 0.15) is 5.82 Å². The topological polar surface area (TPSA) is 91.3 Å². The zero-order valence-electron chi connectivity index (χ0n) is 9.56. The average molecular weight is 237 g/mol. The number of hydrogen-bond acceptors (Lipinski definition) is 4. The maximum absolute atomic E-state index is 11.4. The number of aliphatic hydroxyl groups is 1. The Morgan fingerprint density at radius 1 is 1.35 bits per heavy atom. The Labute approximate surface area is 99.1 Å². The Balaban J connectivity index is 2.46. The van der Waals surface area contributed by atoms with E-state index in [-0.39, 0.29) is 13.2 Å². The number of aromatic nitrogens is 1. The van der Waals surface area contributed by atoms with E-state index in [9.17, 15) is 9.59 Å². The number of nitrogens with zero attached hydrogens (tertiary/aromatic N) is 1. The number of anilines is 1. The van der Waals surface area contributed by atoms with Gasteiger partial charge in [0, 0.05) is 18.8 Å². The van der Waals surface area contributed by atoms with Crippen LogP contribution in [-0.4, -0.2) is 35.1 Å². The second-order valence-electron chi connectivity index (χ2n) is 3.45. The largest absolute Gasteiger partial charge is 0.396 e. The van der Waals surface area contributed by atoms with E-state index in [4.69, 9.17) is 5.11 Å². The molecule has 6 nitrogen and oxygen atoms in total. The molecule has 0 saturated heterocycles. The predicted molar refractivity (Wildman–Crippen MR) is 62.3 cm³/mol. The van der Waals surface area contributed by atoms with Crippen molar-refractivity contribution in [1.29, 1.82) is 0 Å². The van der Waals surface area contributed by atoms with Crippen molar-refractivity contribution in [1.82, 2.24) is 10.3 Å². The number of carbonyl (C=O) groups is 2. The van der Waals surface area contributed by atoms with Gasteiger partial charge in [-0.3, -0.25) is 9.59 Å². The third-order valence-corrected chi connectivity index (χ3v) is 1.96. The van der Waals surface area contributed by atoms with E-state index in [1.807, 2.05) is 0 Å². The molecule has 0 saturated carbocycles. The van der Waals surface area contributed by atoms with Gasteiger partial charge in [-0.1, -0.05) is 6.07 Å². The van der Waals surface area contributed by atoms with Crippen LogP contribution in [0.25, 0.3) is 0 Å². The van der Waals surface area contributed by atoms with E-state index in [0.717, 1.165) is 5.69 Å².